The highest BCUT2D eigenvalue weighted by molar-refractivity contribution is 5.08. The predicted molar refractivity (Wildman–Crippen MR) is 62.6 cm³/mol. The molecule has 84 valence electrons. The van der Waals surface area contributed by atoms with Gasteiger partial charge < -0.3 is 4.74 Å². The van der Waals surface area contributed by atoms with Crippen LogP contribution in [0.5, 0.6) is 0 Å². The van der Waals surface area contributed by atoms with Crippen molar-refractivity contribution < 1.29 is 4.74 Å². The Kier molecular flexibility index (Phi) is 6.85. The van der Waals surface area contributed by atoms with Gasteiger partial charge in [-0.3, -0.25) is 4.90 Å². The fraction of sp³-hybridized carbons (Fsp3) is 0.833. The number of rotatable bonds is 3. The second-order valence-corrected chi connectivity index (χ2v) is 3.60. The molecule has 1 rings (SSSR count). The van der Waals surface area contributed by atoms with Crippen LogP contribution in [0.1, 0.15) is 34.1 Å². The van der Waals surface area contributed by atoms with Gasteiger partial charge >= 0.3 is 0 Å². The predicted octanol–water partition coefficient (Wildman–Crippen LogP) is 2.70. The maximum absolute atomic E-state index is 5.56. The van der Waals surface area contributed by atoms with Gasteiger partial charge in [0.05, 0.1) is 6.10 Å². The summed E-state index contributed by atoms with van der Waals surface area (Å²) in [6.45, 7) is 14.0. The molecule has 1 aliphatic rings. The van der Waals surface area contributed by atoms with E-state index in [1.165, 1.54) is 5.57 Å². The normalized spacial score (nSPS) is 24.4. The molecule has 14 heavy (non-hydrogen) atoms. The molecule has 2 heteroatoms. The van der Waals surface area contributed by atoms with E-state index in [2.05, 4.69) is 25.5 Å². The molecule has 0 N–H and O–H groups in total. The topological polar surface area (TPSA) is 12.5 Å². The molecule has 0 spiro atoms. The van der Waals surface area contributed by atoms with Crippen LogP contribution in [0.3, 0.4) is 0 Å². The number of likely N-dealkylation sites (N-methyl/N-ethyl adjacent to an activating group) is 1. The molecule has 0 aliphatic carbocycles. The first-order valence-electron chi connectivity index (χ1n) is 5.63. The summed E-state index contributed by atoms with van der Waals surface area (Å²) in [4.78, 5) is 2.32. The lowest BCUT2D eigenvalue weighted by Gasteiger charge is -2.25. The average Bonchev–Trinajstić information content (AvgIpc) is 2.49. The van der Waals surface area contributed by atoms with Gasteiger partial charge in [-0.05, 0) is 27.3 Å². The molecule has 0 saturated carbocycles. The summed E-state index contributed by atoms with van der Waals surface area (Å²) in [5.41, 5.74) is 1.33. The van der Waals surface area contributed by atoms with E-state index >= 15 is 0 Å². The van der Waals surface area contributed by atoms with Crippen molar-refractivity contribution in [2.75, 3.05) is 20.2 Å². The Balaban J connectivity index is 0.000000791. The van der Waals surface area contributed by atoms with Crippen molar-refractivity contribution in [3.05, 3.63) is 12.2 Å². The van der Waals surface area contributed by atoms with Gasteiger partial charge in [0, 0.05) is 19.2 Å². The van der Waals surface area contributed by atoms with E-state index in [4.69, 9.17) is 4.74 Å². The number of hydrogen-bond donors (Lipinski definition) is 0. The van der Waals surface area contributed by atoms with Crippen LogP contribution < -0.4 is 0 Å². The van der Waals surface area contributed by atoms with Crippen molar-refractivity contribution in [3.63, 3.8) is 0 Å². The van der Waals surface area contributed by atoms with Crippen molar-refractivity contribution in [1.82, 2.24) is 4.90 Å². The van der Waals surface area contributed by atoms with Gasteiger partial charge in [-0.15, -0.1) is 0 Å². The molecule has 2 atom stereocenters. The molecular formula is C12H25NO. The van der Waals surface area contributed by atoms with E-state index in [9.17, 15) is 0 Å². The minimum absolute atomic E-state index is 0.333. The first kappa shape index (κ1) is 13.7. The van der Waals surface area contributed by atoms with E-state index in [1.807, 2.05) is 20.8 Å². The lowest BCUT2D eigenvalue weighted by molar-refractivity contribution is 0.0237. The Morgan fingerprint density at radius 1 is 1.57 bits per heavy atom. The Morgan fingerprint density at radius 2 is 2.14 bits per heavy atom. The maximum Gasteiger partial charge on any atom is 0.0705 e. The van der Waals surface area contributed by atoms with E-state index in [0.29, 0.717) is 12.1 Å². The molecule has 2 nitrogen and oxygen atoms in total. The van der Waals surface area contributed by atoms with Crippen molar-refractivity contribution in [2.24, 2.45) is 0 Å². The monoisotopic (exact) mass is 199 g/mol. The van der Waals surface area contributed by atoms with Gasteiger partial charge in [0.1, 0.15) is 0 Å². The first-order valence-corrected chi connectivity index (χ1v) is 5.63. The lowest BCUT2D eigenvalue weighted by Crippen LogP contribution is -2.36. The molecule has 1 fully saturated rings. The second-order valence-electron chi connectivity index (χ2n) is 3.60. The molecule has 0 aromatic rings. The minimum Gasteiger partial charge on any atom is -0.377 e. The molecule has 1 heterocycles. The van der Waals surface area contributed by atoms with Gasteiger partial charge in [0.25, 0.3) is 0 Å². The number of ether oxygens (including phenoxy) is 1. The van der Waals surface area contributed by atoms with Gasteiger partial charge in [-0.2, -0.15) is 0 Å². The summed E-state index contributed by atoms with van der Waals surface area (Å²) < 4.78 is 5.56. The third kappa shape index (κ3) is 3.81. The summed E-state index contributed by atoms with van der Waals surface area (Å²) in [5.74, 6) is 0. The highest BCUT2D eigenvalue weighted by atomic mass is 16.5. The van der Waals surface area contributed by atoms with E-state index in [0.717, 1.165) is 19.6 Å². The smallest absolute Gasteiger partial charge is 0.0705 e. The van der Waals surface area contributed by atoms with E-state index < -0.39 is 0 Å². The molecule has 0 aromatic carbocycles. The van der Waals surface area contributed by atoms with Crippen LogP contribution in [0.15, 0.2) is 12.2 Å². The number of nitrogens with zero attached hydrogens (tertiary/aromatic N) is 1. The van der Waals surface area contributed by atoms with Gasteiger partial charge in [-0.25, -0.2) is 0 Å². The van der Waals surface area contributed by atoms with Crippen LogP contribution in [0.25, 0.3) is 0 Å². The quantitative estimate of drug-likeness (QED) is 0.648. The molecule has 0 amide bonds. The van der Waals surface area contributed by atoms with Crippen LogP contribution in [0.2, 0.25) is 0 Å². The maximum atomic E-state index is 5.56. The molecule has 1 saturated heterocycles. The number of hydrogen-bond acceptors (Lipinski definition) is 2. The number of likely N-dealkylation sites (tertiary alicyclic amines) is 1. The zero-order valence-corrected chi connectivity index (χ0v) is 10.3. The van der Waals surface area contributed by atoms with Crippen LogP contribution in [-0.4, -0.2) is 37.2 Å². The molecule has 0 unspecified atom stereocenters. The van der Waals surface area contributed by atoms with Crippen molar-refractivity contribution in [2.45, 2.75) is 46.3 Å². The van der Waals surface area contributed by atoms with Gasteiger partial charge in [0.2, 0.25) is 0 Å². The standard InChI is InChI=1S/C10H19NO.C2H6/c1-5-12-9(3)10-6-8(2)7-11(10)4;1-2/h9-10H,2,5-7H2,1,3-4H3;1-2H3/t9-,10-;/m0./s1. The van der Waals surface area contributed by atoms with Crippen LogP contribution in [0.4, 0.5) is 0 Å². The van der Waals surface area contributed by atoms with E-state index in [1.54, 1.807) is 0 Å². The largest absolute Gasteiger partial charge is 0.377 e. The van der Waals surface area contributed by atoms with Gasteiger partial charge in [-0.1, -0.05) is 26.0 Å². The Morgan fingerprint density at radius 3 is 2.50 bits per heavy atom. The highest BCUT2D eigenvalue weighted by Crippen LogP contribution is 2.23. The fourth-order valence-corrected chi connectivity index (χ4v) is 1.88. The highest BCUT2D eigenvalue weighted by Gasteiger charge is 2.28. The summed E-state index contributed by atoms with van der Waals surface area (Å²) >= 11 is 0. The van der Waals surface area contributed by atoms with Crippen molar-refractivity contribution >= 4 is 0 Å². The zero-order chi connectivity index (χ0) is 11.1. The van der Waals surface area contributed by atoms with Crippen LogP contribution >= 0.6 is 0 Å². The SMILES string of the molecule is C=C1C[C@@H]([C@H](C)OCC)N(C)C1.CC. The Labute approximate surface area is 88.9 Å². The lowest BCUT2D eigenvalue weighted by atomic mass is 10.1. The third-order valence-corrected chi connectivity index (χ3v) is 2.51. The minimum atomic E-state index is 0.333. The van der Waals surface area contributed by atoms with Crippen LogP contribution in [0, 0.1) is 0 Å². The van der Waals surface area contributed by atoms with Gasteiger partial charge in [0.15, 0.2) is 0 Å². The summed E-state index contributed by atoms with van der Waals surface area (Å²) in [6.07, 6.45) is 1.43. The molecule has 0 radical (unpaired) electrons. The average molecular weight is 199 g/mol. The second kappa shape index (κ2) is 7.02. The molecule has 0 aromatic heterocycles. The fourth-order valence-electron chi connectivity index (χ4n) is 1.88. The zero-order valence-electron chi connectivity index (χ0n) is 10.3. The van der Waals surface area contributed by atoms with Crippen molar-refractivity contribution in [3.8, 4) is 0 Å². The summed E-state index contributed by atoms with van der Waals surface area (Å²) in [7, 11) is 2.14. The Bertz CT molecular complexity index is 168. The molecular weight excluding hydrogens is 174 g/mol. The third-order valence-electron chi connectivity index (χ3n) is 2.51. The molecule has 1 aliphatic heterocycles. The first-order chi connectivity index (χ1) is 6.65. The summed E-state index contributed by atoms with van der Waals surface area (Å²) in [5, 5.41) is 0. The van der Waals surface area contributed by atoms with Crippen molar-refractivity contribution in [1.29, 1.82) is 0 Å². The van der Waals surface area contributed by atoms with Crippen LogP contribution in [-0.2, 0) is 4.74 Å². The summed E-state index contributed by atoms with van der Waals surface area (Å²) in [6, 6.07) is 0.539. The van der Waals surface area contributed by atoms with E-state index in [-0.39, 0.29) is 0 Å². The Hall–Kier alpha value is -0.340. The molecule has 0 bridgehead atoms.